The zero-order chi connectivity index (χ0) is 13.0. The molecule has 0 radical (unpaired) electrons. The van der Waals surface area contributed by atoms with Gasteiger partial charge in [-0.1, -0.05) is 6.92 Å². The van der Waals surface area contributed by atoms with E-state index in [4.69, 9.17) is 4.42 Å². The molecule has 1 N–H and O–H groups in total. The van der Waals surface area contributed by atoms with Crippen LogP contribution in [-0.2, 0) is 6.54 Å². The molecule has 0 saturated heterocycles. The Morgan fingerprint density at radius 1 is 1.44 bits per heavy atom. The van der Waals surface area contributed by atoms with Gasteiger partial charge in [0.15, 0.2) is 0 Å². The van der Waals surface area contributed by atoms with E-state index >= 15 is 0 Å². The summed E-state index contributed by atoms with van der Waals surface area (Å²) in [6.45, 7) is 3.70. The molecular formula is C13H14BrFN2O. The van der Waals surface area contributed by atoms with Crippen LogP contribution in [0.15, 0.2) is 33.4 Å². The van der Waals surface area contributed by atoms with Crippen LogP contribution in [-0.4, -0.2) is 11.5 Å². The lowest BCUT2D eigenvalue weighted by molar-refractivity contribution is 0.567. The summed E-state index contributed by atoms with van der Waals surface area (Å²) in [6, 6.07) is 4.43. The lowest BCUT2D eigenvalue weighted by atomic mass is 10.2. The lowest BCUT2D eigenvalue weighted by Crippen LogP contribution is -2.13. The molecule has 3 nitrogen and oxygen atoms in total. The second-order valence-corrected chi connectivity index (χ2v) is 4.80. The van der Waals surface area contributed by atoms with Crippen LogP contribution in [0, 0.1) is 5.82 Å². The second-order valence-electron chi connectivity index (χ2n) is 3.94. The first kappa shape index (κ1) is 13.2. The normalized spacial score (nSPS) is 10.8. The standard InChI is InChI=1S/C13H14BrFN2O/c1-2-5-16-7-10-8-18-13(17-10)11-6-9(15)3-4-12(11)14/h3-4,6,8,16H,2,5,7H2,1H3. The fourth-order valence-electron chi connectivity index (χ4n) is 1.57. The summed E-state index contributed by atoms with van der Waals surface area (Å²) in [5, 5.41) is 3.23. The molecule has 0 fully saturated rings. The molecule has 1 heterocycles. The summed E-state index contributed by atoms with van der Waals surface area (Å²) in [4.78, 5) is 4.33. The highest BCUT2D eigenvalue weighted by Gasteiger charge is 2.11. The van der Waals surface area contributed by atoms with Gasteiger partial charge >= 0.3 is 0 Å². The van der Waals surface area contributed by atoms with Crippen molar-refractivity contribution in [3.05, 3.63) is 40.4 Å². The Balaban J connectivity index is 2.16. The molecule has 18 heavy (non-hydrogen) atoms. The first-order valence-electron chi connectivity index (χ1n) is 5.81. The van der Waals surface area contributed by atoms with Gasteiger partial charge in [-0.2, -0.15) is 0 Å². The SMILES string of the molecule is CCCNCc1coc(-c2cc(F)ccc2Br)n1. The van der Waals surface area contributed by atoms with Crippen molar-refractivity contribution in [2.24, 2.45) is 0 Å². The molecule has 0 spiro atoms. The minimum absolute atomic E-state index is 0.308. The highest BCUT2D eigenvalue weighted by molar-refractivity contribution is 9.10. The smallest absolute Gasteiger partial charge is 0.227 e. The maximum Gasteiger partial charge on any atom is 0.227 e. The van der Waals surface area contributed by atoms with Crippen LogP contribution in [0.5, 0.6) is 0 Å². The molecule has 0 aliphatic rings. The third-order valence-corrected chi connectivity index (χ3v) is 3.13. The van der Waals surface area contributed by atoms with Crippen LogP contribution >= 0.6 is 15.9 Å². The van der Waals surface area contributed by atoms with Crippen LogP contribution in [0.4, 0.5) is 4.39 Å². The number of oxazole rings is 1. The highest BCUT2D eigenvalue weighted by atomic mass is 79.9. The number of benzene rings is 1. The maximum atomic E-state index is 13.2. The molecule has 2 rings (SSSR count). The average molecular weight is 313 g/mol. The summed E-state index contributed by atoms with van der Waals surface area (Å²) in [5.41, 5.74) is 1.44. The summed E-state index contributed by atoms with van der Waals surface area (Å²) in [6.07, 6.45) is 2.66. The Morgan fingerprint density at radius 2 is 2.28 bits per heavy atom. The van der Waals surface area contributed by atoms with Gasteiger partial charge in [-0.05, 0) is 47.1 Å². The van der Waals surface area contributed by atoms with Crippen LogP contribution in [0.1, 0.15) is 19.0 Å². The number of rotatable bonds is 5. The number of aromatic nitrogens is 1. The van der Waals surface area contributed by atoms with Crippen molar-refractivity contribution in [2.45, 2.75) is 19.9 Å². The lowest BCUT2D eigenvalue weighted by Gasteiger charge is -1.99. The topological polar surface area (TPSA) is 38.1 Å². The van der Waals surface area contributed by atoms with E-state index in [2.05, 4.69) is 33.2 Å². The largest absolute Gasteiger partial charge is 0.444 e. The van der Waals surface area contributed by atoms with E-state index in [0.717, 1.165) is 23.1 Å². The molecule has 0 aliphatic carbocycles. The van der Waals surface area contributed by atoms with Crippen molar-refractivity contribution in [3.63, 3.8) is 0 Å². The van der Waals surface area contributed by atoms with Crippen molar-refractivity contribution >= 4 is 15.9 Å². The van der Waals surface area contributed by atoms with Crippen molar-refractivity contribution < 1.29 is 8.81 Å². The molecule has 0 unspecified atom stereocenters. The predicted octanol–water partition coefficient (Wildman–Crippen LogP) is 3.74. The van der Waals surface area contributed by atoms with E-state index in [0.29, 0.717) is 18.0 Å². The molecule has 0 saturated carbocycles. The van der Waals surface area contributed by atoms with Crippen LogP contribution in [0.25, 0.3) is 11.5 Å². The third kappa shape index (κ3) is 3.17. The Hall–Kier alpha value is -1.20. The molecule has 0 atom stereocenters. The van der Waals surface area contributed by atoms with Gasteiger partial charge in [0, 0.05) is 11.0 Å². The summed E-state index contributed by atoms with van der Waals surface area (Å²) in [5.74, 6) is 0.117. The summed E-state index contributed by atoms with van der Waals surface area (Å²) >= 11 is 3.36. The quantitative estimate of drug-likeness (QED) is 0.855. The molecule has 2 aromatic rings. The van der Waals surface area contributed by atoms with Gasteiger partial charge < -0.3 is 9.73 Å². The van der Waals surface area contributed by atoms with Crippen molar-refractivity contribution in [1.29, 1.82) is 0 Å². The van der Waals surface area contributed by atoms with E-state index in [1.54, 1.807) is 12.3 Å². The van der Waals surface area contributed by atoms with Gasteiger partial charge in [-0.15, -0.1) is 0 Å². The van der Waals surface area contributed by atoms with Gasteiger partial charge in [-0.3, -0.25) is 0 Å². The Bertz CT molecular complexity index is 527. The molecular weight excluding hydrogens is 299 g/mol. The van der Waals surface area contributed by atoms with Gasteiger partial charge in [0.05, 0.1) is 11.3 Å². The molecule has 1 aromatic heterocycles. The van der Waals surface area contributed by atoms with Gasteiger partial charge in [0.1, 0.15) is 12.1 Å². The molecule has 0 aliphatic heterocycles. The van der Waals surface area contributed by atoms with Crippen molar-refractivity contribution in [1.82, 2.24) is 10.3 Å². The zero-order valence-electron chi connectivity index (χ0n) is 10.0. The van der Waals surface area contributed by atoms with E-state index in [-0.39, 0.29) is 5.82 Å². The van der Waals surface area contributed by atoms with E-state index in [1.807, 2.05) is 0 Å². The minimum atomic E-state index is -0.308. The molecule has 96 valence electrons. The Labute approximate surface area is 114 Å². The number of hydrogen-bond acceptors (Lipinski definition) is 3. The molecule has 0 bridgehead atoms. The zero-order valence-corrected chi connectivity index (χ0v) is 11.6. The van der Waals surface area contributed by atoms with Crippen LogP contribution < -0.4 is 5.32 Å². The third-order valence-electron chi connectivity index (χ3n) is 2.44. The fourth-order valence-corrected chi connectivity index (χ4v) is 1.98. The average Bonchev–Trinajstić information content (AvgIpc) is 2.81. The number of hydrogen-bond donors (Lipinski definition) is 1. The fraction of sp³-hybridized carbons (Fsp3) is 0.308. The maximum absolute atomic E-state index is 13.2. The van der Waals surface area contributed by atoms with Gasteiger partial charge in [-0.25, -0.2) is 9.37 Å². The number of nitrogens with one attached hydrogen (secondary N) is 1. The predicted molar refractivity (Wildman–Crippen MR) is 71.6 cm³/mol. The van der Waals surface area contributed by atoms with Crippen LogP contribution in [0.3, 0.4) is 0 Å². The van der Waals surface area contributed by atoms with E-state index in [9.17, 15) is 4.39 Å². The minimum Gasteiger partial charge on any atom is -0.444 e. The number of nitrogens with zero attached hydrogens (tertiary/aromatic N) is 1. The van der Waals surface area contributed by atoms with Gasteiger partial charge in [0.25, 0.3) is 0 Å². The Morgan fingerprint density at radius 3 is 3.06 bits per heavy atom. The molecule has 5 heteroatoms. The first-order chi connectivity index (χ1) is 8.70. The Kier molecular flexibility index (Phi) is 4.49. The van der Waals surface area contributed by atoms with Crippen molar-refractivity contribution in [2.75, 3.05) is 6.54 Å². The summed E-state index contributed by atoms with van der Waals surface area (Å²) < 4.78 is 19.3. The monoisotopic (exact) mass is 312 g/mol. The van der Waals surface area contributed by atoms with Gasteiger partial charge in [0.2, 0.25) is 5.89 Å². The highest BCUT2D eigenvalue weighted by Crippen LogP contribution is 2.28. The second kappa shape index (κ2) is 6.11. The van der Waals surface area contributed by atoms with Crippen molar-refractivity contribution in [3.8, 4) is 11.5 Å². The summed E-state index contributed by atoms with van der Waals surface area (Å²) in [7, 11) is 0. The first-order valence-corrected chi connectivity index (χ1v) is 6.60. The van der Waals surface area contributed by atoms with E-state index < -0.39 is 0 Å². The number of halogens is 2. The molecule has 0 amide bonds. The van der Waals surface area contributed by atoms with E-state index in [1.165, 1.54) is 12.1 Å². The van der Waals surface area contributed by atoms with Crippen LogP contribution in [0.2, 0.25) is 0 Å². The molecule has 1 aromatic carbocycles.